The molecule has 4 rings (SSSR count). The second-order valence-electron chi connectivity index (χ2n) is 7.30. The molecule has 0 saturated heterocycles. The summed E-state index contributed by atoms with van der Waals surface area (Å²) in [6.07, 6.45) is 1.04. The molecule has 6 nitrogen and oxygen atoms in total. The van der Waals surface area contributed by atoms with Gasteiger partial charge in [0, 0.05) is 37.3 Å². The van der Waals surface area contributed by atoms with E-state index in [9.17, 15) is 14.9 Å². The van der Waals surface area contributed by atoms with Gasteiger partial charge in [0.05, 0.1) is 15.6 Å². The number of carbonyl (C=O) groups is 1. The molecule has 0 aromatic heterocycles. The number of carbonyl (C=O) groups excluding carboxylic acids is 1. The molecule has 7 heteroatoms. The highest BCUT2D eigenvalue weighted by Gasteiger charge is 2.16. The number of nitro benzene ring substituents is 1. The van der Waals surface area contributed by atoms with Gasteiger partial charge in [-0.1, -0.05) is 48.0 Å². The third-order valence-electron chi connectivity index (χ3n) is 5.24. The average molecular weight is 422 g/mol. The lowest BCUT2D eigenvalue weighted by atomic mass is 9.99. The maximum atomic E-state index is 12.5. The zero-order valence-corrected chi connectivity index (χ0v) is 16.9. The molecule has 0 spiro atoms. The van der Waals surface area contributed by atoms with Gasteiger partial charge in [0.2, 0.25) is 0 Å². The second kappa shape index (κ2) is 8.65. The van der Waals surface area contributed by atoms with Gasteiger partial charge in [0.15, 0.2) is 0 Å². The molecule has 0 radical (unpaired) electrons. The number of nitrogens with zero attached hydrogens (tertiary/aromatic N) is 2. The van der Waals surface area contributed by atoms with E-state index in [1.165, 1.54) is 29.3 Å². The number of non-ortho nitro benzene ring substituents is 1. The summed E-state index contributed by atoms with van der Waals surface area (Å²) in [6.45, 7) is 2.74. The molecule has 0 unspecified atom stereocenters. The molecule has 0 bridgehead atoms. The summed E-state index contributed by atoms with van der Waals surface area (Å²) in [5, 5.41) is 13.8. The van der Waals surface area contributed by atoms with Crippen LogP contribution < -0.4 is 5.32 Å². The van der Waals surface area contributed by atoms with E-state index in [0.29, 0.717) is 5.56 Å². The summed E-state index contributed by atoms with van der Waals surface area (Å²) in [5.41, 5.74) is 4.46. The zero-order valence-electron chi connectivity index (χ0n) is 16.2. The van der Waals surface area contributed by atoms with Crippen molar-refractivity contribution >= 4 is 28.9 Å². The molecule has 1 heterocycles. The Morgan fingerprint density at radius 1 is 1.07 bits per heavy atom. The van der Waals surface area contributed by atoms with Crippen LogP contribution in [0.2, 0.25) is 5.02 Å². The quantitative estimate of drug-likeness (QED) is 0.461. The SMILES string of the molecule is O=C(Nc1cc([N+](=O)[O-])ccc1Cl)c1ccc(CN2CCc3ccccc3C2)cc1. The van der Waals surface area contributed by atoms with Gasteiger partial charge in [0.25, 0.3) is 11.6 Å². The van der Waals surface area contributed by atoms with E-state index in [0.717, 1.165) is 31.6 Å². The first-order valence-electron chi connectivity index (χ1n) is 9.63. The van der Waals surface area contributed by atoms with E-state index in [4.69, 9.17) is 11.6 Å². The van der Waals surface area contributed by atoms with Crippen LogP contribution in [0.5, 0.6) is 0 Å². The molecule has 0 atom stereocenters. The van der Waals surface area contributed by atoms with Crippen molar-refractivity contribution in [1.82, 2.24) is 4.90 Å². The van der Waals surface area contributed by atoms with Gasteiger partial charge in [-0.3, -0.25) is 19.8 Å². The molecule has 0 saturated carbocycles. The van der Waals surface area contributed by atoms with E-state index in [1.54, 1.807) is 12.1 Å². The number of amides is 1. The van der Waals surface area contributed by atoms with Crippen LogP contribution in [0.15, 0.2) is 66.7 Å². The van der Waals surface area contributed by atoms with E-state index in [2.05, 4.69) is 34.5 Å². The monoisotopic (exact) mass is 421 g/mol. The molecule has 3 aromatic carbocycles. The topological polar surface area (TPSA) is 75.5 Å². The van der Waals surface area contributed by atoms with Gasteiger partial charge in [0.1, 0.15) is 0 Å². The highest BCUT2D eigenvalue weighted by molar-refractivity contribution is 6.34. The van der Waals surface area contributed by atoms with Crippen molar-refractivity contribution in [1.29, 1.82) is 0 Å². The van der Waals surface area contributed by atoms with E-state index in [1.807, 2.05) is 12.1 Å². The van der Waals surface area contributed by atoms with Gasteiger partial charge in [-0.2, -0.15) is 0 Å². The molecule has 1 aliphatic rings. The van der Waals surface area contributed by atoms with Crippen LogP contribution in [0.3, 0.4) is 0 Å². The number of halogens is 1. The largest absolute Gasteiger partial charge is 0.320 e. The van der Waals surface area contributed by atoms with Crippen molar-refractivity contribution in [3.63, 3.8) is 0 Å². The summed E-state index contributed by atoms with van der Waals surface area (Å²) in [4.78, 5) is 25.3. The van der Waals surface area contributed by atoms with Crippen LogP contribution >= 0.6 is 11.6 Å². The maximum absolute atomic E-state index is 12.5. The predicted octanol–water partition coefficient (Wildman–Crippen LogP) is 5.06. The Labute approximate surface area is 179 Å². The van der Waals surface area contributed by atoms with Crippen molar-refractivity contribution in [2.45, 2.75) is 19.5 Å². The summed E-state index contributed by atoms with van der Waals surface area (Å²) in [5.74, 6) is -0.365. The van der Waals surface area contributed by atoms with Crippen molar-refractivity contribution in [3.8, 4) is 0 Å². The standard InChI is InChI=1S/C23H20ClN3O3/c24-21-10-9-20(27(29)30)13-22(21)25-23(28)18-7-5-16(6-8-18)14-26-12-11-17-3-1-2-4-19(17)15-26/h1-10,13H,11-12,14-15H2,(H,25,28). The van der Waals surface area contributed by atoms with Gasteiger partial charge in [-0.25, -0.2) is 0 Å². The van der Waals surface area contributed by atoms with Crippen molar-refractivity contribution in [2.24, 2.45) is 0 Å². The molecule has 1 aliphatic heterocycles. The molecule has 0 fully saturated rings. The highest BCUT2D eigenvalue weighted by atomic mass is 35.5. The van der Waals surface area contributed by atoms with Crippen LogP contribution in [-0.4, -0.2) is 22.3 Å². The molecular formula is C23H20ClN3O3. The van der Waals surface area contributed by atoms with Gasteiger partial charge in [-0.15, -0.1) is 0 Å². The van der Waals surface area contributed by atoms with Crippen LogP contribution in [-0.2, 0) is 19.5 Å². The number of nitrogens with one attached hydrogen (secondary N) is 1. The molecular weight excluding hydrogens is 402 g/mol. The normalized spacial score (nSPS) is 13.5. The molecule has 3 aromatic rings. The number of benzene rings is 3. The molecule has 1 N–H and O–H groups in total. The van der Waals surface area contributed by atoms with Gasteiger partial charge >= 0.3 is 0 Å². The Bertz CT molecular complexity index is 1100. The second-order valence-corrected chi connectivity index (χ2v) is 7.71. The van der Waals surface area contributed by atoms with E-state index >= 15 is 0 Å². The smallest absolute Gasteiger partial charge is 0.271 e. The predicted molar refractivity (Wildman–Crippen MR) is 117 cm³/mol. The molecule has 152 valence electrons. The average Bonchev–Trinajstić information content (AvgIpc) is 2.75. The van der Waals surface area contributed by atoms with Crippen molar-refractivity contribution in [2.75, 3.05) is 11.9 Å². The number of rotatable bonds is 5. The summed E-state index contributed by atoms with van der Waals surface area (Å²) >= 11 is 6.06. The Morgan fingerprint density at radius 2 is 1.80 bits per heavy atom. The van der Waals surface area contributed by atoms with Crippen LogP contribution in [0.25, 0.3) is 0 Å². The summed E-state index contributed by atoms with van der Waals surface area (Å²) in [6, 6.07) is 19.9. The van der Waals surface area contributed by atoms with E-state index < -0.39 is 4.92 Å². The number of nitro groups is 1. The van der Waals surface area contributed by atoms with Crippen LogP contribution in [0.4, 0.5) is 11.4 Å². The minimum atomic E-state index is -0.528. The van der Waals surface area contributed by atoms with Gasteiger partial charge < -0.3 is 5.32 Å². The third kappa shape index (κ3) is 4.50. The Balaban J connectivity index is 1.41. The van der Waals surface area contributed by atoms with Gasteiger partial charge in [-0.05, 0) is 41.3 Å². The Kier molecular flexibility index (Phi) is 5.79. The minimum absolute atomic E-state index is 0.131. The lowest BCUT2D eigenvalue weighted by molar-refractivity contribution is -0.384. The number of hydrogen-bond donors (Lipinski definition) is 1. The fourth-order valence-electron chi connectivity index (χ4n) is 3.63. The first-order valence-corrected chi connectivity index (χ1v) is 10.0. The number of fused-ring (bicyclic) bond motifs is 1. The van der Waals surface area contributed by atoms with Crippen LogP contribution in [0.1, 0.15) is 27.0 Å². The van der Waals surface area contributed by atoms with Crippen molar-refractivity contribution < 1.29 is 9.72 Å². The number of anilines is 1. The Hall–Kier alpha value is -3.22. The third-order valence-corrected chi connectivity index (χ3v) is 5.57. The summed E-state index contributed by atoms with van der Waals surface area (Å²) < 4.78 is 0. The van der Waals surface area contributed by atoms with Crippen LogP contribution in [0, 0.1) is 10.1 Å². The minimum Gasteiger partial charge on any atom is -0.320 e. The fraction of sp³-hybridized carbons (Fsp3) is 0.174. The molecule has 0 aliphatic carbocycles. The van der Waals surface area contributed by atoms with Crippen molar-refractivity contribution in [3.05, 3.63) is 104 Å². The lowest BCUT2D eigenvalue weighted by Crippen LogP contribution is -2.29. The van der Waals surface area contributed by atoms with E-state index in [-0.39, 0.29) is 22.3 Å². The first-order chi connectivity index (χ1) is 14.5. The fourth-order valence-corrected chi connectivity index (χ4v) is 3.79. The lowest BCUT2D eigenvalue weighted by Gasteiger charge is -2.28. The first kappa shape index (κ1) is 20.1. The molecule has 30 heavy (non-hydrogen) atoms. The Morgan fingerprint density at radius 3 is 2.53 bits per heavy atom. The maximum Gasteiger partial charge on any atom is 0.271 e. The number of hydrogen-bond acceptors (Lipinski definition) is 4. The molecule has 1 amide bonds. The summed E-state index contributed by atoms with van der Waals surface area (Å²) in [7, 11) is 0. The zero-order chi connectivity index (χ0) is 21.1. The highest BCUT2D eigenvalue weighted by Crippen LogP contribution is 2.27.